The van der Waals surface area contributed by atoms with Crippen LogP contribution in [0.1, 0.15) is 21.5 Å². The van der Waals surface area contributed by atoms with Crippen molar-refractivity contribution in [2.45, 2.75) is 6.92 Å². The van der Waals surface area contributed by atoms with Crippen molar-refractivity contribution in [3.05, 3.63) is 70.3 Å². The molecule has 0 unspecified atom stereocenters. The van der Waals surface area contributed by atoms with Gasteiger partial charge in [0, 0.05) is 36.4 Å². The highest BCUT2D eigenvalue weighted by atomic mass is 35.5. The number of aryl methyl sites for hydroxylation is 1. The van der Waals surface area contributed by atoms with E-state index in [0.717, 1.165) is 11.1 Å². The van der Waals surface area contributed by atoms with Crippen LogP contribution in [-0.4, -0.2) is 30.8 Å². The van der Waals surface area contributed by atoms with E-state index in [2.05, 4.69) is 5.32 Å². The van der Waals surface area contributed by atoms with Crippen LogP contribution in [0.15, 0.2) is 48.5 Å². The van der Waals surface area contributed by atoms with Crippen LogP contribution in [-0.2, 0) is 4.79 Å². The van der Waals surface area contributed by atoms with E-state index in [4.69, 9.17) is 11.6 Å². The number of halogens is 1. The number of rotatable bonds is 4. The van der Waals surface area contributed by atoms with Crippen molar-refractivity contribution < 1.29 is 9.59 Å². The number of amides is 2. The molecule has 1 N–H and O–H groups in total. The molecule has 2 rings (SSSR count). The summed E-state index contributed by atoms with van der Waals surface area (Å²) in [5, 5.41) is 3.37. The Hall–Kier alpha value is -2.59. The third-order valence-electron chi connectivity index (χ3n) is 3.45. The van der Waals surface area contributed by atoms with Crippen LogP contribution < -0.4 is 5.32 Å². The third kappa shape index (κ3) is 4.70. The quantitative estimate of drug-likeness (QED) is 0.854. The number of hydrogen-bond donors (Lipinski definition) is 1. The van der Waals surface area contributed by atoms with Crippen molar-refractivity contribution in [2.75, 3.05) is 19.4 Å². The van der Waals surface area contributed by atoms with Gasteiger partial charge in [-0.3, -0.25) is 9.59 Å². The molecule has 0 saturated heterocycles. The molecule has 0 bridgehead atoms. The summed E-state index contributed by atoms with van der Waals surface area (Å²) in [6, 6.07) is 12.4. The smallest absolute Gasteiger partial charge is 0.253 e. The number of anilines is 1. The Morgan fingerprint density at radius 2 is 1.75 bits per heavy atom. The molecule has 2 aromatic carbocycles. The van der Waals surface area contributed by atoms with Gasteiger partial charge in [0.2, 0.25) is 5.91 Å². The fraction of sp³-hybridized carbons (Fsp3) is 0.158. The van der Waals surface area contributed by atoms with Gasteiger partial charge in [-0.05, 0) is 48.4 Å². The average Bonchev–Trinajstić information content (AvgIpc) is 2.56. The molecule has 4 nitrogen and oxygen atoms in total. The zero-order valence-corrected chi connectivity index (χ0v) is 14.6. The molecule has 5 heteroatoms. The maximum absolute atomic E-state index is 12.0. The number of nitrogens with zero attached hydrogens (tertiary/aromatic N) is 1. The van der Waals surface area contributed by atoms with E-state index in [1.807, 2.05) is 13.0 Å². The first-order chi connectivity index (χ1) is 11.4. The number of carbonyl (C=O) groups excluding carboxylic acids is 2. The molecule has 0 atom stereocenters. The lowest BCUT2D eigenvalue weighted by molar-refractivity contribution is -0.111. The second-order valence-corrected chi connectivity index (χ2v) is 6.04. The molecule has 124 valence electrons. The lowest BCUT2D eigenvalue weighted by Crippen LogP contribution is -2.21. The largest absolute Gasteiger partial charge is 0.345 e. The molecular weight excluding hydrogens is 324 g/mol. The van der Waals surface area contributed by atoms with Gasteiger partial charge in [0.15, 0.2) is 0 Å². The second-order valence-electron chi connectivity index (χ2n) is 5.60. The fourth-order valence-electron chi connectivity index (χ4n) is 2.07. The van der Waals surface area contributed by atoms with Gasteiger partial charge in [-0.25, -0.2) is 0 Å². The molecule has 0 radical (unpaired) electrons. The molecule has 0 aliphatic carbocycles. The van der Waals surface area contributed by atoms with Gasteiger partial charge in [-0.15, -0.1) is 0 Å². The number of carbonyl (C=O) groups is 2. The highest BCUT2D eigenvalue weighted by molar-refractivity contribution is 6.31. The SMILES string of the molecule is Cc1ccc(Cl)cc1NC(=O)/C=C/c1ccc(C(=O)N(C)C)cc1. The van der Waals surface area contributed by atoms with Crippen LogP contribution >= 0.6 is 11.6 Å². The maximum Gasteiger partial charge on any atom is 0.253 e. The van der Waals surface area contributed by atoms with Gasteiger partial charge >= 0.3 is 0 Å². The minimum Gasteiger partial charge on any atom is -0.345 e. The Bertz CT molecular complexity index is 780. The second kappa shape index (κ2) is 7.79. The lowest BCUT2D eigenvalue weighted by atomic mass is 10.1. The van der Waals surface area contributed by atoms with Crippen molar-refractivity contribution in [3.8, 4) is 0 Å². The topological polar surface area (TPSA) is 49.4 Å². The maximum atomic E-state index is 12.0. The summed E-state index contributed by atoms with van der Waals surface area (Å²) in [5.41, 5.74) is 3.07. The number of nitrogens with one attached hydrogen (secondary N) is 1. The Balaban J connectivity index is 2.03. The minimum absolute atomic E-state index is 0.0558. The summed E-state index contributed by atoms with van der Waals surface area (Å²) in [5.74, 6) is -0.298. The first-order valence-electron chi connectivity index (χ1n) is 7.44. The molecule has 0 spiro atoms. The Morgan fingerprint density at radius 1 is 1.08 bits per heavy atom. The minimum atomic E-state index is -0.242. The van der Waals surface area contributed by atoms with Crippen LogP contribution in [0.25, 0.3) is 6.08 Å². The Kier molecular flexibility index (Phi) is 5.77. The van der Waals surface area contributed by atoms with E-state index in [9.17, 15) is 9.59 Å². The normalized spacial score (nSPS) is 10.7. The third-order valence-corrected chi connectivity index (χ3v) is 3.68. The highest BCUT2D eigenvalue weighted by Gasteiger charge is 2.07. The molecule has 0 saturated carbocycles. The van der Waals surface area contributed by atoms with E-state index < -0.39 is 0 Å². The van der Waals surface area contributed by atoms with Gasteiger partial charge in [0.25, 0.3) is 5.91 Å². The monoisotopic (exact) mass is 342 g/mol. The predicted molar refractivity (Wildman–Crippen MR) is 98.3 cm³/mol. The van der Waals surface area contributed by atoms with Crippen LogP contribution in [0, 0.1) is 6.92 Å². The molecule has 2 amide bonds. The van der Waals surface area contributed by atoms with Crippen molar-refractivity contribution in [1.82, 2.24) is 4.90 Å². The Morgan fingerprint density at radius 3 is 2.38 bits per heavy atom. The Labute approximate surface area is 146 Å². The summed E-state index contributed by atoms with van der Waals surface area (Å²) in [6.45, 7) is 1.90. The lowest BCUT2D eigenvalue weighted by Gasteiger charge is -2.09. The van der Waals surface area contributed by atoms with E-state index >= 15 is 0 Å². The van der Waals surface area contributed by atoms with Crippen LogP contribution in [0.4, 0.5) is 5.69 Å². The zero-order chi connectivity index (χ0) is 17.7. The molecule has 0 aromatic heterocycles. The van der Waals surface area contributed by atoms with E-state index in [-0.39, 0.29) is 11.8 Å². The molecule has 0 aliphatic heterocycles. The fourth-order valence-corrected chi connectivity index (χ4v) is 2.24. The van der Waals surface area contributed by atoms with E-state index in [1.165, 1.54) is 11.0 Å². The molecule has 0 heterocycles. The molecule has 0 fully saturated rings. The van der Waals surface area contributed by atoms with Crippen molar-refractivity contribution >= 4 is 35.2 Å². The summed E-state index contributed by atoms with van der Waals surface area (Å²) < 4.78 is 0. The molecule has 24 heavy (non-hydrogen) atoms. The van der Waals surface area contributed by atoms with Crippen molar-refractivity contribution in [3.63, 3.8) is 0 Å². The molecular formula is C19H19ClN2O2. The van der Waals surface area contributed by atoms with Gasteiger partial charge in [-0.1, -0.05) is 29.8 Å². The van der Waals surface area contributed by atoms with Gasteiger partial charge < -0.3 is 10.2 Å². The summed E-state index contributed by atoms with van der Waals surface area (Å²) in [4.78, 5) is 25.3. The zero-order valence-electron chi connectivity index (χ0n) is 13.8. The van der Waals surface area contributed by atoms with Crippen molar-refractivity contribution in [1.29, 1.82) is 0 Å². The van der Waals surface area contributed by atoms with E-state index in [1.54, 1.807) is 56.6 Å². The first-order valence-corrected chi connectivity index (χ1v) is 7.81. The molecule has 2 aromatic rings. The van der Waals surface area contributed by atoms with E-state index in [0.29, 0.717) is 16.3 Å². The number of hydrogen-bond acceptors (Lipinski definition) is 2. The van der Waals surface area contributed by atoms with Gasteiger partial charge in [0.05, 0.1) is 0 Å². The van der Waals surface area contributed by atoms with Crippen LogP contribution in [0.3, 0.4) is 0 Å². The van der Waals surface area contributed by atoms with Crippen molar-refractivity contribution in [2.24, 2.45) is 0 Å². The summed E-state index contributed by atoms with van der Waals surface area (Å²) in [7, 11) is 3.41. The number of benzene rings is 2. The van der Waals surface area contributed by atoms with Gasteiger partial charge in [0.1, 0.15) is 0 Å². The molecule has 0 aliphatic rings. The highest BCUT2D eigenvalue weighted by Crippen LogP contribution is 2.20. The summed E-state index contributed by atoms with van der Waals surface area (Å²) >= 11 is 5.94. The van der Waals surface area contributed by atoms with Gasteiger partial charge in [-0.2, -0.15) is 0 Å². The predicted octanol–water partition coefficient (Wildman–Crippen LogP) is 4.00. The summed E-state index contributed by atoms with van der Waals surface area (Å²) in [6.07, 6.45) is 3.14. The average molecular weight is 343 g/mol. The first kappa shape index (κ1) is 17.8. The standard InChI is InChI=1S/C19H19ClN2O2/c1-13-4-10-16(20)12-17(13)21-18(23)11-7-14-5-8-15(9-6-14)19(24)22(2)3/h4-12H,1-3H3,(H,21,23)/b11-7+. The van der Waals surface area contributed by atoms with Crippen LogP contribution in [0.2, 0.25) is 5.02 Å². The van der Waals surface area contributed by atoms with Crippen LogP contribution in [0.5, 0.6) is 0 Å².